The van der Waals surface area contributed by atoms with Gasteiger partial charge in [-0.05, 0) is 19.3 Å². The molecule has 0 aromatic heterocycles. The fraction of sp³-hybridized carbons (Fsp3) is 0.955. The molecule has 0 bridgehead atoms. The van der Waals surface area contributed by atoms with Crippen LogP contribution in [0.2, 0.25) is 0 Å². The molecular formula is C22H47NO2+. The molecule has 2 atom stereocenters. The maximum Gasteiger partial charge on any atom is 0.141 e. The normalized spacial score (nSPS) is 14.6. The van der Waals surface area contributed by atoms with Crippen LogP contribution in [0.1, 0.15) is 90.9 Å². The number of hydrogen-bond donors (Lipinski definition) is 0. The van der Waals surface area contributed by atoms with Gasteiger partial charge in [-0.15, -0.1) is 0 Å². The van der Waals surface area contributed by atoms with Crippen LogP contribution in [0.15, 0.2) is 0 Å². The van der Waals surface area contributed by atoms with E-state index < -0.39 is 0 Å². The average Bonchev–Trinajstić information content (AvgIpc) is 2.57. The minimum Gasteiger partial charge on any atom is -0.385 e. The van der Waals surface area contributed by atoms with Gasteiger partial charge in [-0.25, -0.2) is 0 Å². The van der Waals surface area contributed by atoms with Crippen LogP contribution >= 0.6 is 0 Å². The SMILES string of the molecule is CCCCCCCCCCC(CC)O[CH]C(CCCOC)[N+](C)(C)C. The van der Waals surface area contributed by atoms with E-state index in [1.54, 1.807) is 7.11 Å². The summed E-state index contributed by atoms with van der Waals surface area (Å²) in [6, 6.07) is 0.433. The van der Waals surface area contributed by atoms with E-state index in [1.807, 2.05) is 0 Å². The van der Waals surface area contributed by atoms with E-state index in [1.165, 1.54) is 57.8 Å². The van der Waals surface area contributed by atoms with Gasteiger partial charge < -0.3 is 14.0 Å². The van der Waals surface area contributed by atoms with Gasteiger partial charge in [0.05, 0.1) is 27.2 Å². The smallest absolute Gasteiger partial charge is 0.141 e. The second-order valence-electron chi connectivity index (χ2n) is 8.38. The highest BCUT2D eigenvalue weighted by molar-refractivity contribution is 4.71. The zero-order valence-corrected chi connectivity index (χ0v) is 18.2. The molecule has 0 aliphatic heterocycles. The molecule has 0 spiro atoms. The molecule has 151 valence electrons. The van der Waals surface area contributed by atoms with Crippen molar-refractivity contribution in [2.24, 2.45) is 0 Å². The minimum absolute atomic E-state index is 0.386. The highest BCUT2D eigenvalue weighted by atomic mass is 16.5. The summed E-state index contributed by atoms with van der Waals surface area (Å²) in [7, 11) is 8.52. The van der Waals surface area contributed by atoms with Crippen LogP contribution in [0, 0.1) is 6.61 Å². The zero-order valence-electron chi connectivity index (χ0n) is 18.2. The summed E-state index contributed by atoms with van der Waals surface area (Å²) in [5, 5.41) is 0. The third-order valence-electron chi connectivity index (χ3n) is 5.11. The van der Waals surface area contributed by atoms with Crippen LogP contribution < -0.4 is 0 Å². The molecule has 0 aromatic carbocycles. The lowest BCUT2D eigenvalue weighted by Crippen LogP contribution is -2.46. The first-order valence-electron chi connectivity index (χ1n) is 10.7. The highest BCUT2D eigenvalue weighted by Gasteiger charge is 2.25. The monoisotopic (exact) mass is 357 g/mol. The van der Waals surface area contributed by atoms with Crippen molar-refractivity contribution in [2.45, 2.75) is 103 Å². The summed E-state index contributed by atoms with van der Waals surface area (Å²) in [5.74, 6) is 0. The lowest BCUT2D eigenvalue weighted by molar-refractivity contribution is -0.893. The molecule has 0 saturated carbocycles. The summed E-state index contributed by atoms with van der Waals surface area (Å²) in [6.45, 7) is 7.48. The fourth-order valence-electron chi connectivity index (χ4n) is 3.15. The molecule has 25 heavy (non-hydrogen) atoms. The van der Waals surface area contributed by atoms with Gasteiger partial charge >= 0.3 is 0 Å². The third-order valence-corrected chi connectivity index (χ3v) is 5.11. The van der Waals surface area contributed by atoms with Crippen molar-refractivity contribution in [3.63, 3.8) is 0 Å². The lowest BCUT2D eigenvalue weighted by Gasteiger charge is -2.34. The van der Waals surface area contributed by atoms with E-state index in [4.69, 9.17) is 9.47 Å². The van der Waals surface area contributed by atoms with E-state index >= 15 is 0 Å². The summed E-state index contributed by atoms with van der Waals surface area (Å²) in [4.78, 5) is 0. The molecular weight excluding hydrogens is 310 g/mol. The number of methoxy groups -OCH3 is 1. The average molecular weight is 358 g/mol. The van der Waals surface area contributed by atoms with Crippen LogP contribution in [-0.4, -0.2) is 51.5 Å². The Morgan fingerprint density at radius 2 is 1.40 bits per heavy atom. The van der Waals surface area contributed by atoms with Gasteiger partial charge in [-0.3, -0.25) is 0 Å². The summed E-state index contributed by atoms with van der Waals surface area (Å²) in [5.41, 5.74) is 0. The number of quaternary nitrogens is 1. The Morgan fingerprint density at radius 3 is 1.92 bits per heavy atom. The Labute approximate surface area is 159 Å². The van der Waals surface area contributed by atoms with Crippen molar-refractivity contribution in [1.82, 2.24) is 0 Å². The van der Waals surface area contributed by atoms with E-state index in [-0.39, 0.29) is 0 Å². The molecule has 0 heterocycles. The minimum atomic E-state index is 0.386. The van der Waals surface area contributed by atoms with Gasteiger partial charge in [-0.2, -0.15) is 0 Å². The Kier molecular flexibility index (Phi) is 16.0. The van der Waals surface area contributed by atoms with Crippen LogP contribution in [0.4, 0.5) is 0 Å². The topological polar surface area (TPSA) is 18.5 Å². The number of unbranched alkanes of at least 4 members (excludes halogenated alkanes) is 7. The van der Waals surface area contributed by atoms with Gasteiger partial charge in [0.15, 0.2) is 0 Å². The van der Waals surface area contributed by atoms with Gasteiger partial charge in [-0.1, -0.05) is 65.2 Å². The first kappa shape index (κ1) is 24.9. The molecule has 2 unspecified atom stereocenters. The fourth-order valence-corrected chi connectivity index (χ4v) is 3.15. The quantitative estimate of drug-likeness (QED) is 0.222. The Morgan fingerprint density at radius 1 is 0.800 bits per heavy atom. The third kappa shape index (κ3) is 14.7. The first-order chi connectivity index (χ1) is 12.0. The largest absolute Gasteiger partial charge is 0.385 e. The van der Waals surface area contributed by atoms with Crippen molar-refractivity contribution in [1.29, 1.82) is 0 Å². The number of likely N-dealkylation sites (N-methyl/N-ethyl adjacent to an activating group) is 1. The van der Waals surface area contributed by atoms with Gasteiger partial charge in [0.25, 0.3) is 0 Å². The maximum absolute atomic E-state index is 6.19. The van der Waals surface area contributed by atoms with Crippen molar-refractivity contribution < 1.29 is 14.0 Å². The Hall–Kier alpha value is -0.120. The zero-order chi connectivity index (χ0) is 19.0. The lowest BCUT2D eigenvalue weighted by atomic mass is 10.0. The molecule has 3 heteroatoms. The molecule has 0 fully saturated rings. The summed E-state index contributed by atoms with van der Waals surface area (Å²) < 4.78 is 12.3. The molecule has 0 aromatic rings. The van der Waals surface area contributed by atoms with E-state index in [0.29, 0.717) is 12.1 Å². The molecule has 0 amide bonds. The molecule has 0 N–H and O–H groups in total. The second-order valence-corrected chi connectivity index (χ2v) is 8.38. The number of ether oxygens (including phenoxy) is 2. The molecule has 1 radical (unpaired) electrons. The van der Waals surface area contributed by atoms with Crippen molar-refractivity contribution in [3.05, 3.63) is 6.61 Å². The van der Waals surface area contributed by atoms with E-state index in [0.717, 1.165) is 30.4 Å². The van der Waals surface area contributed by atoms with Crippen LogP contribution in [-0.2, 0) is 9.47 Å². The summed E-state index contributed by atoms with van der Waals surface area (Å²) >= 11 is 0. The second kappa shape index (κ2) is 16.1. The molecule has 0 rings (SSSR count). The van der Waals surface area contributed by atoms with Crippen LogP contribution in [0.3, 0.4) is 0 Å². The van der Waals surface area contributed by atoms with Crippen molar-refractivity contribution in [2.75, 3.05) is 34.9 Å². The maximum atomic E-state index is 6.19. The Balaban J connectivity index is 3.92. The molecule has 0 aliphatic rings. The number of rotatable bonds is 18. The summed E-state index contributed by atoms with van der Waals surface area (Å²) in [6.07, 6.45) is 15.9. The first-order valence-corrected chi connectivity index (χ1v) is 10.7. The van der Waals surface area contributed by atoms with Gasteiger partial charge in [0.2, 0.25) is 0 Å². The van der Waals surface area contributed by atoms with Gasteiger partial charge in [0.1, 0.15) is 12.6 Å². The number of hydrogen-bond acceptors (Lipinski definition) is 2. The van der Waals surface area contributed by atoms with E-state index in [9.17, 15) is 0 Å². The standard InChI is InChI=1S/C22H47NO2/c1-7-9-10-11-12-13-14-15-18-22(8-2)25-20-21(23(3,4)5)17-16-19-24-6/h20-22H,7-19H2,1-6H3/q+1. The molecule has 0 aliphatic carbocycles. The molecule has 0 saturated heterocycles. The van der Waals surface area contributed by atoms with Crippen molar-refractivity contribution >= 4 is 0 Å². The highest BCUT2D eigenvalue weighted by Crippen LogP contribution is 2.19. The number of nitrogens with zero attached hydrogens (tertiary/aromatic N) is 1. The Bertz CT molecular complexity index is 276. The predicted octanol–water partition coefficient (Wildman–Crippen LogP) is 5.98. The van der Waals surface area contributed by atoms with Crippen molar-refractivity contribution in [3.8, 4) is 0 Å². The predicted molar refractivity (Wildman–Crippen MR) is 110 cm³/mol. The van der Waals surface area contributed by atoms with Crippen LogP contribution in [0.5, 0.6) is 0 Å². The van der Waals surface area contributed by atoms with Gasteiger partial charge in [0, 0.05) is 20.1 Å². The molecule has 3 nitrogen and oxygen atoms in total. The van der Waals surface area contributed by atoms with Crippen LogP contribution in [0.25, 0.3) is 0 Å². The van der Waals surface area contributed by atoms with E-state index in [2.05, 4.69) is 41.6 Å².